The third-order valence-electron chi connectivity index (χ3n) is 4.11. The molecule has 0 radical (unpaired) electrons. The number of likely N-dealkylation sites (tertiary alicyclic amines) is 1. The molecule has 0 bridgehead atoms. The van der Waals surface area contributed by atoms with E-state index in [1.807, 2.05) is 0 Å². The summed E-state index contributed by atoms with van der Waals surface area (Å²) in [5.41, 5.74) is 5.72. The van der Waals surface area contributed by atoms with Crippen molar-refractivity contribution in [3.63, 3.8) is 0 Å². The van der Waals surface area contributed by atoms with E-state index in [1.165, 1.54) is 19.2 Å². The molecule has 1 fully saturated rings. The van der Waals surface area contributed by atoms with Gasteiger partial charge in [-0.3, -0.25) is 9.69 Å². The van der Waals surface area contributed by atoms with E-state index in [0.717, 1.165) is 32.5 Å². The molecule has 1 atom stereocenters. The molecule has 1 unspecified atom stereocenters. The monoisotopic (exact) mass is 411 g/mol. The zero-order chi connectivity index (χ0) is 17.4. The van der Waals surface area contributed by atoms with Crippen LogP contribution in [0.15, 0.2) is 24.3 Å². The fraction of sp³-hybridized carbons (Fsp3) is 0.588. The summed E-state index contributed by atoms with van der Waals surface area (Å²) in [4.78, 5) is 14.2. The predicted octanol–water partition coefficient (Wildman–Crippen LogP) is 1.60. The number of benzene rings is 1. The number of hydrogen-bond acceptors (Lipinski definition) is 5. The molecule has 150 valence electrons. The molecule has 0 spiro atoms. The largest absolute Gasteiger partial charge is 0.492 e. The summed E-state index contributed by atoms with van der Waals surface area (Å²) in [5.74, 6) is 0.248. The fourth-order valence-electron chi connectivity index (χ4n) is 2.69. The third kappa shape index (κ3) is 8.51. The Morgan fingerprint density at radius 2 is 1.92 bits per heavy atom. The number of nitrogens with zero attached hydrogens (tertiary/aromatic N) is 1. The van der Waals surface area contributed by atoms with Gasteiger partial charge in [-0.2, -0.15) is 0 Å². The zero-order valence-corrected chi connectivity index (χ0v) is 16.5. The van der Waals surface area contributed by atoms with Gasteiger partial charge in [-0.05, 0) is 37.1 Å². The number of nitrogens with one attached hydrogen (secondary N) is 1. The molecule has 9 heteroatoms. The summed E-state index contributed by atoms with van der Waals surface area (Å²) in [6.45, 7) is 3.39. The van der Waals surface area contributed by atoms with Crippen molar-refractivity contribution in [2.24, 2.45) is 5.73 Å². The number of methoxy groups -OCH3 is 1. The Hall–Kier alpha value is -1.12. The average Bonchev–Trinajstić information content (AvgIpc) is 2.58. The van der Waals surface area contributed by atoms with E-state index < -0.39 is 6.04 Å². The lowest BCUT2D eigenvalue weighted by atomic mass is 10.0. The van der Waals surface area contributed by atoms with Crippen LogP contribution in [0.2, 0.25) is 0 Å². The SMILES string of the molecule is COCC(N)C(=O)NC1CCN(CCOc2ccc(F)cc2)CC1.Cl.Cl. The van der Waals surface area contributed by atoms with E-state index >= 15 is 0 Å². The van der Waals surface area contributed by atoms with Gasteiger partial charge in [0.15, 0.2) is 0 Å². The molecule has 0 aromatic heterocycles. The Morgan fingerprint density at radius 1 is 1.31 bits per heavy atom. The number of piperidine rings is 1. The molecular weight excluding hydrogens is 384 g/mol. The van der Waals surface area contributed by atoms with Crippen LogP contribution in [0, 0.1) is 5.82 Å². The van der Waals surface area contributed by atoms with E-state index in [2.05, 4.69) is 10.2 Å². The Balaban J connectivity index is 0.00000312. The van der Waals surface area contributed by atoms with Crippen molar-refractivity contribution in [3.05, 3.63) is 30.1 Å². The lowest BCUT2D eigenvalue weighted by Gasteiger charge is -2.32. The standard InChI is InChI=1S/C17H26FN3O3.2ClH/c1-23-12-16(19)17(22)20-14-6-8-21(9-7-14)10-11-24-15-4-2-13(18)3-5-15;;/h2-5,14,16H,6-12,19H2,1H3,(H,20,22);2*1H. The Labute approximate surface area is 166 Å². The van der Waals surface area contributed by atoms with Gasteiger partial charge in [0.05, 0.1) is 6.61 Å². The molecular formula is C17H28Cl2FN3O3. The molecule has 1 aromatic rings. The first-order valence-electron chi connectivity index (χ1n) is 8.24. The summed E-state index contributed by atoms with van der Waals surface area (Å²) in [6.07, 6.45) is 1.78. The van der Waals surface area contributed by atoms with Crippen molar-refractivity contribution in [3.8, 4) is 5.75 Å². The molecule has 1 aromatic carbocycles. The summed E-state index contributed by atoms with van der Waals surface area (Å²) in [7, 11) is 1.53. The molecule has 1 heterocycles. The highest BCUT2D eigenvalue weighted by atomic mass is 35.5. The summed E-state index contributed by atoms with van der Waals surface area (Å²) in [5, 5.41) is 2.97. The molecule has 1 amide bonds. The number of rotatable bonds is 8. The van der Waals surface area contributed by atoms with Crippen LogP contribution >= 0.6 is 24.8 Å². The van der Waals surface area contributed by atoms with E-state index in [-0.39, 0.29) is 49.2 Å². The van der Waals surface area contributed by atoms with Gasteiger partial charge in [0, 0.05) is 32.8 Å². The topological polar surface area (TPSA) is 76.8 Å². The van der Waals surface area contributed by atoms with E-state index in [4.69, 9.17) is 15.2 Å². The minimum atomic E-state index is -0.614. The second kappa shape index (κ2) is 13.1. The predicted molar refractivity (Wildman–Crippen MR) is 104 cm³/mol. The third-order valence-corrected chi connectivity index (χ3v) is 4.11. The Morgan fingerprint density at radius 3 is 2.50 bits per heavy atom. The minimum absolute atomic E-state index is 0. The Kier molecular flexibility index (Phi) is 12.5. The minimum Gasteiger partial charge on any atom is -0.492 e. The maximum absolute atomic E-state index is 12.8. The quantitative estimate of drug-likeness (QED) is 0.679. The van der Waals surface area contributed by atoms with Crippen LogP contribution in [0.3, 0.4) is 0 Å². The number of amides is 1. The van der Waals surface area contributed by atoms with Crippen molar-refractivity contribution in [1.82, 2.24) is 10.2 Å². The highest BCUT2D eigenvalue weighted by Gasteiger charge is 2.22. The fourth-order valence-corrected chi connectivity index (χ4v) is 2.69. The first-order chi connectivity index (χ1) is 11.6. The number of hydrogen-bond donors (Lipinski definition) is 2. The molecule has 26 heavy (non-hydrogen) atoms. The van der Waals surface area contributed by atoms with Gasteiger partial charge in [0.2, 0.25) is 5.91 Å². The van der Waals surface area contributed by atoms with Gasteiger partial charge in [-0.15, -0.1) is 24.8 Å². The highest BCUT2D eigenvalue weighted by molar-refractivity contribution is 5.85. The molecule has 0 aliphatic carbocycles. The van der Waals surface area contributed by atoms with Crippen molar-refractivity contribution >= 4 is 30.7 Å². The number of halogens is 3. The molecule has 1 aliphatic heterocycles. The van der Waals surface area contributed by atoms with Crippen LogP contribution in [0.5, 0.6) is 5.75 Å². The zero-order valence-electron chi connectivity index (χ0n) is 14.9. The first kappa shape index (κ1) is 24.9. The van der Waals surface area contributed by atoms with Crippen molar-refractivity contribution < 1.29 is 18.7 Å². The van der Waals surface area contributed by atoms with E-state index in [1.54, 1.807) is 12.1 Å². The summed E-state index contributed by atoms with van der Waals surface area (Å²) < 4.78 is 23.3. The van der Waals surface area contributed by atoms with Crippen LogP contribution in [-0.4, -0.2) is 62.8 Å². The van der Waals surface area contributed by atoms with Gasteiger partial charge >= 0.3 is 0 Å². The highest BCUT2D eigenvalue weighted by Crippen LogP contribution is 2.13. The number of nitrogens with two attached hydrogens (primary N) is 1. The van der Waals surface area contributed by atoms with Gasteiger partial charge in [-0.1, -0.05) is 0 Å². The summed E-state index contributed by atoms with van der Waals surface area (Å²) >= 11 is 0. The summed E-state index contributed by atoms with van der Waals surface area (Å²) in [6, 6.07) is 5.57. The Bertz CT molecular complexity index is 514. The molecule has 1 aliphatic rings. The second-order valence-corrected chi connectivity index (χ2v) is 5.99. The van der Waals surface area contributed by atoms with Crippen LogP contribution < -0.4 is 15.8 Å². The van der Waals surface area contributed by atoms with Crippen LogP contribution in [-0.2, 0) is 9.53 Å². The lowest BCUT2D eigenvalue weighted by Crippen LogP contribution is -2.51. The average molecular weight is 412 g/mol. The van der Waals surface area contributed by atoms with Gasteiger partial charge in [0.25, 0.3) is 0 Å². The first-order valence-corrected chi connectivity index (χ1v) is 8.24. The number of ether oxygens (including phenoxy) is 2. The molecule has 0 saturated carbocycles. The van der Waals surface area contributed by atoms with Crippen LogP contribution in [0.4, 0.5) is 4.39 Å². The van der Waals surface area contributed by atoms with Crippen molar-refractivity contribution in [1.29, 1.82) is 0 Å². The molecule has 2 rings (SSSR count). The van der Waals surface area contributed by atoms with E-state index in [0.29, 0.717) is 12.4 Å². The van der Waals surface area contributed by atoms with Gasteiger partial charge in [-0.25, -0.2) is 4.39 Å². The molecule has 3 N–H and O–H groups in total. The maximum atomic E-state index is 12.8. The van der Waals surface area contributed by atoms with Gasteiger partial charge in [0.1, 0.15) is 24.2 Å². The smallest absolute Gasteiger partial charge is 0.239 e. The number of carbonyl (C=O) groups excluding carboxylic acids is 1. The van der Waals surface area contributed by atoms with E-state index in [9.17, 15) is 9.18 Å². The maximum Gasteiger partial charge on any atom is 0.239 e. The lowest BCUT2D eigenvalue weighted by molar-refractivity contribution is -0.124. The normalized spacial score (nSPS) is 16.1. The second-order valence-electron chi connectivity index (χ2n) is 5.99. The van der Waals surface area contributed by atoms with Gasteiger partial charge < -0.3 is 20.5 Å². The van der Waals surface area contributed by atoms with Crippen LogP contribution in [0.25, 0.3) is 0 Å². The van der Waals surface area contributed by atoms with Crippen LogP contribution in [0.1, 0.15) is 12.8 Å². The van der Waals surface area contributed by atoms with Crippen molar-refractivity contribution in [2.45, 2.75) is 24.9 Å². The number of carbonyl (C=O) groups is 1. The molecule has 6 nitrogen and oxygen atoms in total. The molecule has 1 saturated heterocycles. The van der Waals surface area contributed by atoms with Crippen molar-refractivity contribution in [2.75, 3.05) is 40.0 Å².